The molecule has 0 aliphatic carbocycles. The summed E-state index contributed by atoms with van der Waals surface area (Å²) in [6, 6.07) is 7.64. The van der Waals surface area contributed by atoms with Crippen molar-refractivity contribution < 1.29 is 4.74 Å². The Hall–Kier alpha value is -1.20. The fraction of sp³-hybridized carbons (Fsp3) is 0.417. The van der Waals surface area contributed by atoms with E-state index in [-0.39, 0.29) is 0 Å². The molecule has 0 radical (unpaired) electrons. The largest absolute Gasteiger partial charge is 0.492 e. The normalized spacial score (nSPS) is 10.9. The van der Waals surface area contributed by atoms with Gasteiger partial charge in [-0.2, -0.15) is 5.26 Å². The van der Waals surface area contributed by atoms with Gasteiger partial charge in [0.25, 0.3) is 0 Å². The van der Waals surface area contributed by atoms with Gasteiger partial charge in [0.15, 0.2) is 0 Å². The average molecular weight is 224 g/mol. The maximum atomic E-state index is 8.83. The summed E-state index contributed by atoms with van der Waals surface area (Å²) in [4.78, 5) is 0. The topological polar surface area (TPSA) is 33.0 Å². The van der Waals surface area contributed by atoms with Crippen LogP contribution in [0.5, 0.6) is 5.75 Å². The van der Waals surface area contributed by atoms with Gasteiger partial charge in [-0.25, -0.2) is 0 Å². The molecule has 0 N–H and O–H groups in total. The number of halogens is 1. The first-order valence-electron chi connectivity index (χ1n) is 4.75. The Kier molecular flexibility index (Phi) is 3.60. The lowest BCUT2D eigenvalue weighted by molar-refractivity contribution is 0.226. The maximum absolute atomic E-state index is 8.83. The van der Waals surface area contributed by atoms with Crippen LogP contribution in [0.2, 0.25) is 5.02 Å². The minimum Gasteiger partial charge on any atom is -0.492 e. The van der Waals surface area contributed by atoms with Crippen LogP contribution in [0.4, 0.5) is 0 Å². The first kappa shape index (κ1) is 11.9. The fourth-order valence-corrected chi connectivity index (χ4v) is 1.29. The van der Waals surface area contributed by atoms with Crippen molar-refractivity contribution in [3.8, 4) is 11.8 Å². The van der Waals surface area contributed by atoms with Crippen molar-refractivity contribution in [2.24, 2.45) is 5.41 Å². The lowest BCUT2D eigenvalue weighted by Gasteiger charge is -2.17. The summed E-state index contributed by atoms with van der Waals surface area (Å²) < 4.78 is 5.57. The van der Waals surface area contributed by atoms with Crippen LogP contribution < -0.4 is 4.74 Å². The van der Waals surface area contributed by atoms with E-state index in [0.717, 1.165) is 11.3 Å². The molecule has 0 bridgehead atoms. The maximum Gasteiger partial charge on any atom is 0.122 e. The zero-order valence-corrected chi connectivity index (χ0v) is 9.93. The van der Waals surface area contributed by atoms with Gasteiger partial charge in [0.05, 0.1) is 11.5 Å². The van der Waals surface area contributed by atoms with E-state index in [0.29, 0.717) is 11.6 Å². The predicted molar refractivity (Wildman–Crippen MR) is 61.1 cm³/mol. The van der Waals surface area contributed by atoms with Crippen LogP contribution in [0.1, 0.15) is 19.4 Å². The number of ether oxygens (including phenoxy) is 1. The summed E-state index contributed by atoms with van der Waals surface area (Å²) in [6.45, 7) is 6.00. The van der Waals surface area contributed by atoms with E-state index in [2.05, 4.69) is 6.07 Å². The molecule has 0 amide bonds. The van der Waals surface area contributed by atoms with Crippen molar-refractivity contribution in [1.29, 1.82) is 5.26 Å². The van der Waals surface area contributed by atoms with E-state index in [1.165, 1.54) is 0 Å². The molecule has 0 saturated carbocycles. The highest BCUT2D eigenvalue weighted by molar-refractivity contribution is 6.30. The summed E-state index contributed by atoms with van der Waals surface area (Å²) in [5.41, 5.74) is 0.516. The Morgan fingerprint density at radius 2 is 2.13 bits per heavy atom. The van der Waals surface area contributed by atoms with Crippen LogP contribution in [0.15, 0.2) is 18.2 Å². The molecule has 0 aliphatic heterocycles. The quantitative estimate of drug-likeness (QED) is 0.785. The minimum atomic E-state index is -0.466. The number of nitriles is 1. The molecular weight excluding hydrogens is 210 g/mol. The standard InChI is InChI=1S/C12H14ClNO/c1-9-6-10(13)4-5-11(9)15-8-12(2,3)7-14/h4-6H,8H2,1-3H3. The molecule has 3 heteroatoms. The highest BCUT2D eigenvalue weighted by Gasteiger charge is 2.17. The minimum absolute atomic E-state index is 0.381. The molecule has 0 atom stereocenters. The van der Waals surface area contributed by atoms with Crippen molar-refractivity contribution in [2.45, 2.75) is 20.8 Å². The van der Waals surface area contributed by atoms with Crippen molar-refractivity contribution in [1.82, 2.24) is 0 Å². The van der Waals surface area contributed by atoms with Crippen molar-refractivity contribution in [3.05, 3.63) is 28.8 Å². The Bertz CT molecular complexity index is 393. The lowest BCUT2D eigenvalue weighted by atomic mass is 9.98. The summed E-state index contributed by atoms with van der Waals surface area (Å²) in [6.07, 6.45) is 0. The van der Waals surface area contributed by atoms with E-state index >= 15 is 0 Å². The monoisotopic (exact) mass is 223 g/mol. The third kappa shape index (κ3) is 3.45. The number of hydrogen-bond acceptors (Lipinski definition) is 2. The van der Waals surface area contributed by atoms with Gasteiger partial charge in [0.2, 0.25) is 0 Å². The highest BCUT2D eigenvalue weighted by atomic mass is 35.5. The molecule has 1 rings (SSSR count). The van der Waals surface area contributed by atoms with Gasteiger partial charge in [0.1, 0.15) is 12.4 Å². The van der Waals surface area contributed by atoms with Gasteiger partial charge in [0, 0.05) is 5.02 Å². The molecule has 0 aromatic heterocycles. The molecule has 0 saturated heterocycles. The van der Waals surface area contributed by atoms with Gasteiger partial charge in [-0.1, -0.05) is 11.6 Å². The SMILES string of the molecule is Cc1cc(Cl)ccc1OCC(C)(C)C#N. The van der Waals surface area contributed by atoms with Crippen LogP contribution in [0.25, 0.3) is 0 Å². The Balaban J connectivity index is 2.71. The Labute approximate surface area is 95.4 Å². The van der Waals surface area contributed by atoms with Crippen molar-refractivity contribution >= 4 is 11.6 Å². The zero-order valence-electron chi connectivity index (χ0n) is 9.17. The average Bonchev–Trinajstić information content (AvgIpc) is 2.16. The van der Waals surface area contributed by atoms with Gasteiger partial charge in [-0.15, -0.1) is 0 Å². The van der Waals surface area contributed by atoms with Gasteiger partial charge in [-0.3, -0.25) is 0 Å². The predicted octanol–water partition coefficient (Wildman–Crippen LogP) is 3.58. The lowest BCUT2D eigenvalue weighted by Crippen LogP contribution is -2.19. The number of aryl methyl sites for hydroxylation is 1. The Morgan fingerprint density at radius 3 is 2.67 bits per heavy atom. The van der Waals surface area contributed by atoms with Crippen LogP contribution >= 0.6 is 11.6 Å². The second kappa shape index (κ2) is 4.55. The number of rotatable bonds is 3. The molecule has 0 fully saturated rings. The highest BCUT2D eigenvalue weighted by Crippen LogP contribution is 2.24. The molecule has 0 unspecified atom stereocenters. The van der Waals surface area contributed by atoms with Gasteiger partial charge < -0.3 is 4.74 Å². The van der Waals surface area contributed by atoms with Crippen molar-refractivity contribution in [2.75, 3.05) is 6.61 Å². The molecule has 80 valence electrons. The molecule has 0 aliphatic rings. The van der Waals surface area contributed by atoms with Crippen LogP contribution in [-0.4, -0.2) is 6.61 Å². The Morgan fingerprint density at radius 1 is 1.47 bits per heavy atom. The van der Waals surface area contributed by atoms with E-state index in [1.807, 2.05) is 32.9 Å². The first-order valence-corrected chi connectivity index (χ1v) is 5.12. The third-order valence-electron chi connectivity index (χ3n) is 2.03. The second-order valence-electron chi connectivity index (χ2n) is 4.19. The van der Waals surface area contributed by atoms with E-state index in [9.17, 15) is 0 Å². The molecule has 0 spiro atoms. The smallest absolute Gasteiger partial charge is 0.122 e. The van der Waals surface area contributed by atoms with Crippen LogP contribution in [-0.2, 0) is 0 Å². The second-order valence-corrected chi connectivity index (χ2v) is 4.63. The summed E-state index contributed by atoms with van der Waals surface area (Å²) >= 11 is 5.83. The molecule has 1 aromatic rings. The molecular formula is C12H14ClNO. The van der Waals surface area contributed by atoms with E-state index in [1.54, 1.807) is 6.07 Å². The van der Waals surface area contributed by atoms with Crippen LogP contribution in [0.3, 0.4) is 0 Å². The third-order valence-corrected chi connectivity index (χ3v) is 2.26. The summed E-state index contributed by atoms with van der Waals surface area (Å²) in [7, 11) is 0. The zero-order chi connectivity index (χ0) is 11.5. The van der Waals surface area contributed by atoms with Crippen molar-refractivity contribution in [3.63, 3.8) is 0 Å². The van der Waals surface area contributed by atoms with Gasteiger partial charge >= 0.3 is 0 Å². The number of nitrogens with zero attached hydrogens (tertiary/aromatic N) is 1. The van der Waals surface area contributed by atoms with Crippen LogP contribution in [0, 0.1) is 23.7 Å². The van der Waals surface area contributed by atoms with E-state index in [4.69, 9.17) is 21.6 Å². The molecule has 2 nitrogen and oxygen atoms in total. The number of hydrogen-bond donors (Lipinski definition) is 0. The fourth-order valence-electron chi connectivity index (χ4n) is 1.07. The number of benzene rings is 1. The molecule has 1 aromatic carbocycles. The molecule has 15 heavy (non-hydrogen) atoms. The summed E-state index contributed by atoms with van der Waals surface area (Å²) in [5, 5.41) is 9.53. The summed E-state index contributed by atoms with van der Waals surface area (Å²) in [5.74, 6) is 0.780. The van der Waals surface area contributed by atoms with E-state index < -0.39 is 5.41 Å². The van der Waals surface area contributed by atoms with Gasteiger partial charge in [-0.05, 0) is 44.5 Å². The first-order chi connectivity index (χ1) is 6.94. The molecule has 0 heterocycles.